The van der Waals surface area contributed by atoms with Crippen LogP contribution >= 0.6 is 0 Å². The molecule has 0 aliphatic carbocycles. The van der Waals surface area contributed by atoms with Crippen molar-refractivity contribution in [1.82, 2.24) is 4.90 Å². The second kappa shape index (κ2) is 10.4. The minimum Gasteiger partial charge on any atom is -0.452 e. The molecule has 0 spiro atoms. The van der Waals surface area contributed by atoms with Gasteiger partial charge in [-0.25, -0.2) is 13.2 Å². The summed E-state index contributed by atoms with van der Waals surface area (Å²) in [4.78, 5) is 26.7. The van der Waals surface area contributed by atoms with E-state index in [1.54, 1.807) is 49.1 Å². The molecule has 2 aromatic rings. The third kappa shape index (κ3) is 5.72. The summed E-state index contributed by atoms with van der Waals surface area (Å²) in [5.41, 5.74) is 1.11. The highest BCUT2D eigenvalue weighted by molar-refractivity contribution is 7.92. The fourth-order valence-electron chi connectivity index (χ4n) is 3.89. The summed E-state index contributed by atoms with van der Waals surface area (Å²) >= 11 is 0. The van der Waals surface area contributed by atoms with E-state index >= 15 is 0 Å². The molecule has 1 amide bonds. The first kappa shape index (κ1) is 24.7. The Morgan fingerprint density at radius 1 is 1.09 bits per heavy atom. The van der Waals surface area contributed by atoms with Crippen LogP contribution in [-0.2, 0) is 24.3 Å². The quantitative estimate of drug-likeness (QED) is 0.573. The number of amides is 1. The number of carbonyl (C=O) groups is 2. The number of hydrogen-bond donors (Lipinski definition) is 0. The van der Waals surface area contributed by atoms with Crippen LogP contribution < -0.4 is 4.31 Å². The van der Waals surface area contributed by atoms with Gasteiger partial charge in [0.2, 0.25) is 0 Å². The lowest BCUT2D eigenvalue weighted by molar-refractivity contribution is -0.146. The largest absolute Gasteiger partial charge is 0.452 e. The van der Waals surface area contributed by atoms with Crippen LogP contribution in [-0.4, -0.2) is 63.6 Å². The maximum Gasteiger partial charge on any atom is 0.338 e. The number of rotatable bonds is 7. The van der Waals surface area contributed by atoms with E-state index < -0.39 is 22.6 Å². The van der Waals surface area contributed by atoms with Crippen molar-refractivity contribution >= 4 is 27.6 Å². The molecule has 33 heavy (non-hydrogen) atoms. The van der Waals surface area contributed by atoms with Crippen molar-refractivity contribution in [2.75, 3.05) is 30.5 Å². The topological polar surface area (TPSA) is 93.2 Å². The molecule has 178 valence electrons. The van der Waals surface area contributed by atoms with E-state index in [0.717, 1.165) is 0 Å². The number of para-hydroxylation sites is 1. The van der Waals surface area contributed by atoms with Gasteiger partial charge in [-0.2, -0.15) is 0 Å². The van der Waals surface area contributed by atoms with Crippen LogP contribution in [0.4, 0.5) is 5.69 Å². The summed E-state index contributed by atoms with van der Waals surface area (Å²) in [6, 6.07) is 13.1. The predicted molar refractivity (Wildman–Crippen MR) is 125 cm³/mol. The number of ether oxygens (including phenoxy) is 2. The summed E-state index contributed by atoms with van der Waals surface area (Å²) < 4.78 is 38.9. The molecule has 0 saturated carbocycles. The fraction of sp³-hybridized carbons (Fsp3) is 0.417. The highest BCUT2D eigenvalue weighted by Crippen LogP contribution is 2.26. The van der Waals surface area contributed by atoms with Gasteiger partial charge in [0.1, 0.15) is 0 Å². The normalized spacial score (nSPS) is 18.6. The molecular weight excluding hydrogens is 444 g/mol. The van der Waals surface area contributed by atoms with Gasteiger partial charge in [-0.05, 0) is 57.5 Å². The van der Waals surface area contributed by atoms with Crippen molar-refractivity contribution in [2.45, 2.75) is 44.8 Å². The number of sulfonamides is 1. The van der Waals surface area contributed by atoms with Gasteiger partial charge in [-0.1, -0.05) is 24.3 Å². The number of esters is 1. The Balaban J connectivity index is 1.76. The third-order valence-corrected chi connectivity index (χ3v) is 7.47. The number of aryl methyl sites for hydroxylation is 1. The summed E-state index contributed by atoms with van der Waals surface area (Å²) in [5.74, 6) is -1.07. The molecule has 1 aliphatic heterocycles. The highest BCUT2D eigenvalue weighted by atomic mass is 32.2. The highest BCUT2D eigenvalue weighted by Gasteiger charge is 2.28. The molecule has 0 N–H and O–H groups in total. The minimum atomic E-state index is -3.92. The van der Waals surface area contributed by atoms with E-state index in [9.17, 15) is 18.0 Å². The molecule has 8 nitrogen and oxygen atoms in total. The first-order chi connectivity index (χ1) is 15.6. The van der Waals surface area contributed by atoms with Crippen molar-refractivity contribution in [3.05, 3.63) is 59.7 Å². The summed E-state index contributed by atoms with van der Waals surface area (Å²) in [5, 5.41) is 0. The zero-order valence-corrected chi connectivity index (χ0v) is 20.2. The number of benzene rings is 2. The van der Waals surface area contributed by atoms with Crippen molar-refractivity contribution < 1.29 is 27.5 Å². The minimum absolute atomic E-state index is 0.0183. The van der Waals surface area contributed by atoms with Gasteiger partial charge in [-0.3, -0.25) is 9.10 Å². The van der Waals surface area contributed by atoms with Gasteiger partial charge < -0.3 is 14.4 Å². The number of hydrogen-bond acceptors (Lipinski definition) is 6. The molecule has 1 saturated heterocycles. The molecule has 1 aliphatic rings. The molecule has 1 heterocycles. The molecule has 3 rings (SSSR count). The molecule has 9 heteroatoms. The summed E-state index contributed by atoms with van der Waals surface area (Å²) in [7, 11) is -3.92. The SMILES string of the molecule is CCN(c1ccccc1)S(=O)(=O)c1cc(C(=O)OCC(=O)N2CC(C)OC(C)C2)ccc1C. The van der Waals surface area contributed by atoms with Crippen LogP contribution in [0.1, 0.15) is 36.7 Å². The lowest BCUT2D eigenvalue weighted by atomic mass is 10.1. The zero-order valence-electron chi connectivity index (χ0n) is 19.4. The maximum atomic E-state index is 13.4. The molecular formula is C24H30N2O6S. The standard InChI is InChI=1S/C24H30N2O6S/c1-5-26(21-9-7-6-8-10-21)33(29,30)22-13-20(12-11-17(22)2)24(28)31-16-23(27)25-14-18(3)32-19(4)15-25/h6-13,18-19H,5,14-16H2,1-4H3. The molecule has 1 fully saturated rings. The molecule has 2 unspecified atom stereocenters. The number of morpholine rings is 1. The van der Waals surface area contributed by atoms with Gasteiger partial charge in [0.25, 0.3) is 15.9 Å². The second-order valence-corrected chi connectivity index (χ2v) is 9.95. The lowest BCUT2D eigenvalue weighted by Crippen LogP contribution is -2.49. The number of carbonyl (C=O) groups excluding carboxylic acids is 2. The molecule has 2 atom stereocenters. The zero-order chi connectivity index (χ0) is 24.2. The Labute approximate surface area is 195 Å². The number of nitrogens with zero attached hydrogens (tertiary/aromatic N) is 2. The average molecular weight is 475 g/mol. The fourth-order valence-corrected chi connectivity index (χ4v) is 5.62. The monoisotopic (exact) mass is 474 g/mol. The summed E-state index contributed by atoms with van der Waals surface area (Å²) in [6.45, 7) is 7.85. The first-order valence-electron chi connectivity index (χ1n) is 10.9. The van der Waals surface area contributed by atoms with E-state index in [2.05, 4.69) is 0 Å². The van der Waals surface area contributed by atoms with Crippen molar-refractivity contribution in [3.8, 4) is 0 Å². The van der Waals surface area contributed by atoms with E-state index in [1.807, 2.05) is 19.9 Å². The smallest absolute Gasteiger partial charge is 0.338 e. The van der Waals surface area contributed by atoms with E-state index in [4.69, 9.17) is 9.47 Å². The first-order valence-corrected chi connectivity index (χ1v) is 12.4. The third-order valence-electron chi connectivity index (χ3n) is 5.42. The predicted octanol–water partition coefficient (Wildman–Crippen LogP) is 3.00. The Kier molecular flexibility index (Phi) is 7.76. The lowest BCUT2D eigenvalue weighted by Gasteiger charge is -2.35. The average Bonchev–Trinajstić information content (AvgIpc) is 2.77. The van der Waals surface area contributed by atoms with Crippen molar-refractivity contribution in [1.29, 1.82) is 0 Å². The molecule has 0 bridgehead atoms. The Morgan fingerprint density at radius 2 is 1.73 bits per heavy atom. The van der Waals surface area contributed by atoms with E-state index in [1.165, 1.54) is 16.4 Å². The van der Waals surface area contributed by atoms with Crippen LogP contribution in [0.2, 0.25) is 0 Å². The van der Waals surface area contributed by atoms with E-state index in [-0.39, 0.29) is 35.1 Å². The molecule has 0 radical (unpaired) electrons. The van der Waals surface area contributed by atoms with Gasteiger partial charge in [0, 0.05) is 19.6 Å². The van der Waals surface area contributed by atoms with Gasteiger partial charge in [0.05, 0.1) is 28.4 Å². The Hall–Kier alpha value is -2.91. The van der Waals surface area contributed by atoms with Crippen molar-refractivity contribution in [3.63, 3.8) is 0 Å². The molecule has 0 aromatic heterocycles. The van der Waals surface area contributed by atoms with E-state index in [0.29, 0.717) is 24.3 Å². The Morgan fingerprint density at radius 3 is 2.33 bits per heavy atom. The second-order valence-electron chi connectivity index (χ2n) is 8.12. The van der Waals surface area contributed by atoms with Crippen LogP contribution in [0.15, 0.2) is 53.4 Å². The van der Waals surface area contributed by atoms with Crippen molar-refractivity contribution in [2.24, 2.45) is 0 Å². The van der Waals surface area contributed by atoms with Crippen LogP contribution in [0, 0.1) is 6.92 Å². The number of anilines is 1. The van der Waals surface area contributed by atoms with Crippen LogP contribution in [0.3, 0.4) is 0 Å². The maximum absolute atomic E-state index is 13.4. The molecule has 2 aromatic carbocycles. The Bertz CT molecular complexity index is 1090. The van der Waals surface area contributed by atoms with Gasteiger partial charge in [-0.15, -0.1) is 0 Å². The van der Waals surface area contributed by atoms with Crippen LogP contribution in [0.25, 0.3) is 0 Å². The van der Waals surface area contributed by atoms with Crippen LogP contribution in [0.5, 0.6) is 0 Å². The summed E-state index contributed by atoms with van der Waals surface area (Å²) in [6.07, 6.45) is -0.186. The van der Waals surface area contributed by atoms with Gasteiger partial charge >= 0.3 is 5.97 Å². The van der Waals surface area contributed by atoms with Gasteiger partial charge in [0.15, 0.2) is 6.61 Å².